The summed E-state index contributed by atoms with van der Waals surface area (Å²) < 4.78 is 64.7. The highest BCUT2D eigenvalue weighted by molar-refractivity contribution is 5.37. The van der Waals surface area contributed by atoms with Crippen LogP contribution in [-0.4, -0.2) is 34.0 Å². The normalized spacial score (nSPS) is 16.7. The van der Waals surface area contributed by atoms with Gasteiger partial charge in [-0.2, -0.15) is 13.2 Å². The lowest BCUT2D eigenvalue weighted by molar-refractivity contribution is -0.141. The van der Waals surface area contributed by atoms with Gasteiger partial charge in [0.15, 0.2) is 0 Å². The number of nitrogens with one attached hydrogen (secondary N) is 1. The van der Waals surface area contributed by atoms with Gasteiger partial charge in [0.2, 0.25) is 0 Å². The van der Waals surface area contributed by atoms with E-state index in [-0.39, 0.29) is 11.9 Å². The van der Waals surface area contributed by atoms with Gasteiger partial charge in [-0.15, -0.1) is 0 Å². The lowest BCUT2D eigenvalue weighted by Gasteiger charge is -2.32. The van der Waals surface area contributed by atoms with Crippen LogP contribution in [0.25, 0.3) is 0 Å². The average Bonchev–Trinajstić information content (AvgIpc) is 2.58. The van der Waals surface area contributed by atoms with Crippen molar-refractivity contribution in [3.63, 3.8) is 0 Å². The Kier molecular flexibility index (Phi) is 5.36. The summed E-state index contributed by atoms with van der Waals surface area (Å²) in [6.07, 6.45) is -2.28. The second kappa shape index (κ2) is 7.53. The SMILES string of the molecule is Fc1ccc(CN2CCC(Nc3cc(C(F)(F)F)ncn3)CC2)c(F)c1. The van der Waals surface area contributed by atoms with Crippen LogP contribution in [0.2, 0.25) is 0 Å². The summed E-state index contributed by atoms with van der Waals surface area (Å²) in [6, 6.07) is 4.37. The average molecular weight is 372 g/mol. The third kappa shape index (κ3) is 4.66. The number of rotatable bonds is 4. The first-order valence-electron chi connectivity index (χ1n) is 8.13. The van der Waals surface area contributed by atoms with Gasteiger partial charge in [-0.05, 0) is 18.9 Å². The molecule has 4 nitrogen and oxygen atoms in total. The Hall–Kier alpha value is -2.29. The molecule has 9 heteroatoms. The van der Waals surface area contributed by atoms with E-state index in [1.807, 2.05) is 4.90 Å². The van der Waals surface area contributed by atoms with Crippen molar-refractivity contribution in [1.82, 2.24) is 14.9 Å². The van der Waals surface area contributed by atoms with E-state index in [1.165, 1.54) is 12.1 Å². The fraction of sp³-hybridized carbons (Fsp3) is 0.412. The van der Waals surface area contributed by atoms with E-state index in [9.17, 15) is 22.0 Å². The molecule has 1 aliphatic heterocycles. The molecular formula is C17H17F5N4. The molecule has 1 fully saturated rings. The molecule has 0 atom stereocenters. The fourth-order valence-electron chi connectivity index (χ4n) is 2.93. The molecule has 0 radical (unpaired) electrons. The molecule has 0 amide bonds. The summed E-state index contributed by atoms with van der Waals surface area (Å²) in [5.74, 6) is -1.06. The molecule has 1 saturated heterocycles. The first-order chi connectivity index (χ1) is 12.3. The van der Waals surface area contributed by atoms with Gasteiger partial charge in [0, 0.05) is 43.4 Å². The summed E-state index contributed by atoms with van der Waals surface area (Å²) in [7, 11) is 0. The Labute approximate surface area is 147 Å². The molecule has 2 heterocycles. The standard InChI is InChI=1S/C17H17F5N4/c18-12-2-1-11(14(19)7-12)9-26-5-3-13(4-6-26)25-16-8-15(17(20,21)22)23-10-24-16/h1-2,7-8,10,13H,3-6,9H2,(H,23,24,25). The molecule has 0 unspecified atom stereocenters. The predicted molar refractivity (Wildman–Crippen MR) is 85.3 cm³/mol. The highest BCUT2D eigenvalue weighted by Gasteiger charge is 2.33. The molecule has 0 aliphatic carbocycles. The van der Waals surface area contributed by atoms with Crippen LogP contribution in [0.3, 0.4) is 0 Å². The predicted octanol–water partition coefficient (Wildman–Crippen LogP) is 3.85. The van der Waals surface area contributed by atoms with E-state index in [1.54, 1.807) is 0 Å². The van der Waals surface area contributed by atoms with Crippen molar-refractivity contribution < 1.29 is 22.0 Å². The van der Waals surface area contributed by atoms with Crippen LogP contribution < -0.4 is 5.32 Å². The molecule has 0 bridgehead atoms. The number of alkyl halides is 3. The molecule has 0 spiro atoms. The number of nitrogens with zero attached hydrogens (tertiary/aromatic N) is 3. The number of benzene rings is 1. The minimum atomic E-state index is -4.51. The van der Waals surface area contributed by atoms with E-state index in [0.29, 0.717) is 38.0 Å². The van der Waals surface area contributed by atoms with Gasteiger partial charge in [-0.25, -0.2) is 18.7 Å². The van der Waals surface area contributed by atoms with Crippen LogP contribution in [0.5, 0.6) is 0 Å². The van der Waals surface area contributed by atoms with Gasteiger partial charge in [-0.3, -0.25) is 4.90 Å². The maximum absolute atomic E-state index is 13.7. The number of hydrogen-bond donors (Lipinski definition) is 1. The molecular weight excluding hydrogens is 355 g/mol. The van der Waals surface area contributed by atoms with Crippen LogP contribution in [0, 0.1) is 11.6 Å². The van der Waals surface area contributed by atoms with Crippen LogP contribution in [0.15, 0.2) is 30.6 Å². The third-order valence-corrected chi connectivity index (χ3v) is 4.31. The highest BCUT2D eigenvalue weighted by Crippen LogP contribution is 2.28. The van der Waals surface area contributed by atoms with Crippen molar-refractivity contribution in [2.24, 2.45) is 0 Å². The molecule has 2 aromatic rings. The Morgan fingerprint density at radius 2 is 1.81 bits per heavy atom. The zero-order chi connectivity index (χ0) is 18.7. The number of anilines is 1. The van der Waals surface area contributed by atoms with Crippen molar-refractivity contribution >= 4 is 5.82 Å². The summed E-state index contributed by atoms with van der Waals surface area (Å²) >= 11 is 0. The summed E-state index contributed by atoms with van der Waals surface area (Å²) in [4.78, 5) is 9.09. The largest absolute Gasteiger partial charge is 0.433 e. The second-order valence-corrected chi connectivity index (χ2v) is 6.22. The van der Waals surface area contributed by atoms with E-state index in [0.717, 1.165) is 18.5 Å². The van der Waals surface area contributed by atoms with Crippen molar-refractivity contribution in [3.8, 4) is 0 Å². The number of hydrogen-bond acceptors (Lipinski definition) is 4. The summed E-state index contributed by atoms with van der Waals surface area (Å²) in [5.41, 5.74) is -0.567. The Morgan fingerprint density at radius 3 is 2.46 bits per heavy atom. The quantitative estimate of drug-likeness (QED) is 0.828. The van der Waals surface area contributed by atoms with Crippen LogP contribution >= 0.6 is 0 Å². The van der Waals surface area contributed by atoms with Gasteiger partial charge < -0.3 is 5.32 Å². The summed E-state index contributed by atoms with van der Waals surface area (Å²) in [5, 5.41) is 3.00. The van der Waals surface area contributed by atoms with Crippen LogP contribution in [0.1, 0.15) is 24.1 Å². The molecule has 1 aliphatic rings. The number of piperidine rings is 1. The fourth-order valence-corrected chi connectivity index (χ4v) is 2.93. The van der Waals surface area contributed by atoms with Gasteiger partial charge in [0.1, 0.15) is 29.5 Å². The monoisotopic (exact) mass is 372 g/mol. The Morgan fingerprint density at radius 1 is 1.08 bits per heavy atom. The lowest BCUT2D eigenvalue weighted by atomic mass is 10.0. The van der Waals surface area contributed by atoms with Crippen LogP contribution in [0.4, 0.5) is 27.8 Å². The third-order valence-electron chi connectivity index (χ3n) is 4.31. The number of likely N-dealkylation sites (tertiary alicyclic amines) is 1. The minimum absolute atomic E-state index is 0.0275. The zero-order valence-corrected chi connectivity index (χ0v) is 13.7. The van der Waals surface area contributed by atoms with Gasteiger partial charge >= 0.3 is 6.18 Å². The lowest BCUT2D eigenvalue weighted by Crippen LogP contribution is -2.39. The van der Waals surface area contributed by atoms with Crippen molar-refractivity contribution in [2.45, 2.75) is 31.6 Å². The maximum atomic E-state index is 13.7. The smallest absolute Gasteiger partial charge is 0.367 e. The van der Waals surface area contributed by atoms with Crippen molar-refractivity contribution in [1.29, 1.82) is 0 Å². The van der Waals surface area contributed by atoms with Crippen molar-refractivity contribution in [3.05, 3.63) is 53.5 Å². The van der Waals surface area contributed by atoms with E-state index in [4.69, 9.17) is 0 Å². The number of aromatic nitrogens is 2. The Bertz CT molecular complexity index is 757. The molecule has 1 N–H and O–H groups in total. The molecule has 0 saturated carbocycles. The van der Waals surface area contributed by atoms with E-state index >= 15 is 0 Å². The van der Waals surface area contributed by atoms with E-state index < -0.39 is 23.5 Å². The molecule has 1 aromatic heterocycles. The molecule has 3 rings (SSSR count). The number of halogens is 5. The van der Waals surface area contributed by atoms with Crippen molar-refractivity contribution in [2.75, 3.05) is 18.4 Å². The Balaban J connectivity index is 1.54. The maximum Gasteiger partial charge on any atom is 0.433 e. The van der Waals surface area contributed by atoms with Gasteiger partial charge in [0.05, 0.1) is 0 Å². The van der Waals surface area contributed by atoms with E-state index in [2.05, 4.69) is 15.3 Å². The highest BCUT2D eigenvalue weighted by atomic mass is 19.4. The first-order valence-corrected chi connectivity index (χ1v) is 8.13. The van der Waals surface area contributed by atoms with Gasteiger partial charge in [-0.1, -0.05) is 6.07 Å². The molecule has 140 valence electrons. The topological polar surface area (TPSA) is 41.0 Å². The van der Waals surface area contributed by atoms with Crippen LogP contribution in [-0.2, 0) is 12.7 Å². The summed E-state index contributed by atoms with van der Waals surface area (Å²) in [6.45, 7) is 1.65. The minimum Gasteiger partial charge on any atom is -0.367 e. The van der Waals surface area contributed by atoms with Gasteiger partial charge in [0.25, 0.3) is 0 Å². The molecule has 26 heavy (non-hydrogen) atoms. The molecule has 1 aromatic carbocycles. The second-order valence-electron chi connectivity index (χ2n) is 6.22. The first kappa shape index (κ1) is 18.5. The zero-order valence-electron chi connectivity index (χ0n) is 13.7.